The van der Waals surface area contributed by atoms with Crippen LogP contribution in [0.3, 0.4) is 0 Å². The molecule has 0 radical (unpaired) electrons. The molecule has 0 fully saturated rings. The van der Waals surface area contributed by atoms with Gasteiger partial charge in [-0.05, 0) is 20.3 Å². The largest absolute Gasteiger partial charge is 0.309 e. The second-order valence-electron chi connectivity index (χ2n) is 3.71. The quantitative estimate of drug-likeness (QED) is 0.830. The van der Waals surface area contributed by atoms with E-state index in [1.165, 1.54) is 4.88 Å². The maximum Gasteiger partial charge on any atom is 0.0798 e. The molecule has 1 N–H and O–H groups in total. The monoisotopic (exact) mass is 246 g/mol. The third kappa shape index (κ3) is 4.86. The lowest BCUT2D eigenvalue weighted by molar-refractivity contribution is 0.536. The molecule has 0 aromatic carbocycles. The van der Waals surface area contributed by atoms with Crippen LogP contribution in [0.5, 0.6) is 0 Å². The highest BCUT2D eigenvalue weighted by Gasteiger charge is 2.05. The lowest BCUT2D eigenvalue weighted by atomic mass is 10.2. The summed E-state index contributed by atoms with van der Waals surface area (Å²) in [6, 6.07) is 0.412. The first-order valence-corrected chi connectivity index (χ1v) is 7.62. The van der Waals surface area contributed by atoms with Crippen LogP contribution in [0, 0.1) is 6.92 Å². The third-order valence-electron chi connectivity index (χ3n) is 2.29. The number of nitrogens with one attached hydrogen (secondary N) is 1. The molecule has 0 spiro atoms. The van der Waals surface area contributed by atoms with Gasteiger partial charge in [-0.25, -0.2) is 4.98 Å². The molecule has 0 bridgehead atoms. The average molecular weight is 246 g/mol. The minimum Gasteiger partial charge on any atom is -0.309 e. The molecule has 2 atom stereocenters. The van der Waals surface area contributed by atoms with Gasteiger partial charge in [-0.3, -0.25) is 4.21 Å². The Balaban J connectivity index is 2.25. The van der Waals surface area contributed by atoms with Gasteiger partial charge < -0.3 is 5.32 Å². The zero-order valence-electron chi connectivity index (χ0n) is 9.45. The van der Waals surface area contributed by atoms with E-state index in [2.05, 4.69) is 17.2 Å². The van der Waals surface area contributed by atoms with Gasteiger partial charge >= 0.3 is 0 Å². The van der Waals surface area contributed by atoms with Gasteiger partial charge in [-0.1, -0.05) is 0 Å². The van der Waals surface area contributed by atoms with E-state index in [0.717, 1.165) is 24.4 Å². The van der Waals surface area contributed by atoms with Gasteiger partial charge in [0.1, 0.15) is 0 Å². The standard InChI is InChI=1S/C10H18N2OS2/c1-8(4-5-15(3)13)11-6-10-9(2)12-7-14-10/h7-8,11H,4-6H2,1-3H3. The molecule has 1 heterocycles. The van der Waals surface area contributed by atoms with E-state index in [9.17, 15) is 4.21 Å². The third-order valence-corrected chi connectivity index (χ3v) is 4.04. The molecule has 0 amide bonds. The van der Waals surface area contributed by atoms with Gasteiger partial charge in [-0.2, -0.15) is 0 Å². The van der Waals surface area contributed by atoms with Crippen molar-refractivity contribution in [3.8, 4) is 0 Å². The minimum atomic E-state index is -0.681. The van der Waals surface area contributed by atoms with Crippen molar-refractivity contribution in [3.05, 3.63) is 16.1 Å². The maximum atomic E-state index is 10.9. The van der Waals surface area contributed by atoms with Crippen molar-refractivity contribution in [2.24, 2.45) is 0 Å². The molecule has 1 aromatic heterocycles. The maximum absolute atomic E-state index is 10.9. The van der Waals surface area contributed by atoms with Crippen LogP contribution < -0.4 is 5.32 Å². The van der Waals surface area contributed by atoms with Crippen LogP contribution in [-0.2, 0) is 17.3 Å². The van der Waals surface area contributed by atoms with E-state index in [-0.39, 0.29) is 0 Å². The van der Waals surface area contributed by atoms with Crippen LogP contribution >= 0.6 is 11.3 Å². The van der Waals surface area contributed by atoms with E-state index in [1.54, 1.807) is 17.6 Å². The molecular weight excluding hydrogens is 228 g/mol. The molecule has 5 heteroatoms. The Morgan fingerprint density at radius 3 is 2.93 bits per heavy atom. The summed E-state index contributed by atoms with van der Waals surface area (Å²) in [5.41, 5.74) is 2.98. The highest BCUT2D eigenvalue weighted by Crippen LogP contribution is 2.11. The number of aromatic nitrogens is 1. The highest BCUT2D eigenvalue weighted by atomic mass is 32.2. The smallest absolute Gasteiger partial charge is 0.0798 e. The van der Waals surface area contributed by atoms with E-state index in [0.29, 0.717) is 6.04 Å². The van der Waals surface area contributed by atoms with Gasteiger partial charge in [0, 0.05) is 40.3 Å². The Hall–Kier alpha value is -0.260. The SMILES string of the molecule is Cc1ncsc1CNC(C)CCS(C)=O. The lowest BCUT2D eigenvalue weighted by Gasteiger charge is -2.12. The number of thiazole rings is 1. The zero-order valence-corrected chi connectivity index (χ0v) is 11.1. The number of rotatable bonds is 6. The van der Waals surface area contributed by atoms with E-state index >= 15 is 0 Å². The van der Waals surface area contributed by atoms with E-state index in [4.69, 9.17) is 0 Å². The normalized spacial score (nSPS) is 15.1. The topological polar surface area (TPSA) is 42.0 Å². The zero-order chi connectivity index (χ0) is 11.3. The first-order chi connectivity index (χ1) is 7.09. The van der Waals surface area contributed by atoms with Gasteiger partial charge in [0.15, 0.2) is 0 Å². The molecule has 86 valence electrons. The van der Waals surface area contributed by atoms with Crippen molar-refractivity contribution < 1.29 is 4.21 Å². The van der Waals surface area contributed by atoms with Gasteiger partial charge in [0.05, 0.1) is 11.2 Å². The van der Waals surface area contributed by atoms with Crippen LogP contribution in [0.4, 0.5) is 0 Å². The summed E-state index contributed by atoms with van der Waals surface area (Å²) in [7, 11) is -0.681. The second-order valence-corrected chi connectivity index (χ2v) is 6.20. The molecule has 0 saturated heterocycles. The Morgan fingerprint density at radius 2 is 2.40 bits per heavy atom. The summed E-state index contributed by atoms with van der Waals surface area (Å²) >= 11 is 1.68. The van der Waals surface area contributed by atoms with Crippen molar-refractivity contribution in [2.75, 3.05) is 12.0 Å². The molecule has 0 saturated carbocycles. The van der Waals surface area contributed by atoms with Crippen LogP contribution in [0.2, 0.25) is 0 Å². The second kappa shape index (κ2) is 6.35. The molecule has 0 aliphatic carbocycles. The number of hydrogen-bond acceptors (Lipinski definition) is 4. The van der Waals surface area contributed by atoms with Crippen LogP contribution in [0.25, 0.3) is 0 Å². The summed E-state index contributed by atoms with van der Waals surface area (Å²) in [6.45, 7) is 5.02. The molecule has 0 aliphatic heterocycles. The molecule has 0 aliphatic rings. The minimum absolute atomic E-state index is 0.412. The summed E-state index contributed by atoms with van der Waals surface area (Å²) < 4.78 is 10.9. The van der Waals surface area contributed by atoms with E-state index in [1.807, 2.05) is 12.4 Å². The molecule has 15 heavy (non-hydrogen) atoms. The first-order valence-electron chi connectivity index (χ1n) is 5.02. The summed E-state index contributed by atoms with van der Waals surface area (Å²) in [5.74, 6) is 0.774. The molecule has 2 unspecified atom stereocenters. The van der Waals surface area contributed by atoms with Crippen molar-refractivity contribution in [1.29, 1.82) is 0 Å². The van der Waals surface area contributed by atoms with Gasteiger partial charge in [-0.15, -0.1) is 11.3 Å². The summed E-state index contributed by atoms with van der Waals surface area (Å²) in [5, 5.41) is 3.42. The van der Waals surface area contributed by atoms with Crippen molar-refractivity contribution >= 4 is 22.1 Å². The Labute approximate surface area is 97.8 Å². The van der Waals surface area contributed by atoms with Crippen molar-refractivity contribution in [1.82, 2.24) is 10.3 Å². The van der Waals surface area contributed by atoms with E-state index < -0.39 is 10.8 Å². The van der Waals surface area contributed by atoms with Gasteiger partial charge in [0.25, 0.3) is 0 Å². The average Bonchev–Trinajstić information content (AvgIpc) is 2.58. The van der Waals surface area contributed by atoms with Crippen LogP contribution in [-0.4, -0.2) is 27.2 Å². The molecular formula is C10H18N2OS2. The Morgan fingerprint density at radius 1 is 1.67 bits per heavy atom. The molecule has 1 aromatic rings. The Bertz CT molecular complexity index is 325. The van der Waals surface area contributed by atoms with Crippen LogP contribution in [0.1, 0.15) is 23.9 Å². The predicted molar refractivity (Wildman–Crippen MR) is 66.7 cm³/mol. The number of nitrogens with zero attached hydrogens (tertiary/aromatic N) is 1. The van der Waals surface area contributed by atoms with Crippen LogP contribution in [0.15, 0.2) is 5.51 Å². The predicted octanol–water partition coefficient (Wildman–Crippen LogP) is 1.70. The number of aryl methyl sites for hydroxylation is 1. The fourth-order valence-electron chi connectivity index (χ4n) is 1.21. The molecule has 3 nitrogen and oxygen atoms in total. The molecule has 1 rings (SSSR count). The Kier molecular flexibility index (Phi) is 5.42. The first kappa shape index (κ1) is 12.8. The fraction of sp³-hybridized carbons (Fsp3) is 0.700. The summed E-state index contributed by atoms with van der Waals surface area (Å²) in [6.07, 6.45) is 2.71. The number of hydrogen-bond donors (Lipinski definition) is 1. The summed E-state index contributed by atoms with van der Waals surface area (Å²) in [4.78, 5) is 5.49. The van der Waals surface area contributed by atoms with Crippen molar-refractivity contribution in [2.45, 2.75) is 32.9 Å². The lowest BCUT2D eigenvalue weighted by Crippen LogP contribution is -2.26. The van der Waals surface area contributed by atoms with Gasteiger partial charge in [0.2, 0.25) is 0 Å². The van der Waals surface area contributed by atoms with Crippen molar-refractivity contribution in [3.63, 3.8) is 0 Å². The highest BCUT2D eigenvalue weighted by molar-refractivity contribution is 7.84. The fourth-order valence-corrected chi connectivity index (χ4v) is 2.62.